The zero-order chi connectivity index (χ0) is 15.0. The minimum absolute atomic E-state index is 0.193. The maximum atomic E-state index is 6.33. The van der Waals surface area contributed by atoms with Gasteiger partial charge >= 0.3 is 0 Å². The molecule has 5 heteroatoms. The Morgan fingerprint density at radius 2 is 1.95 bits per heavy atom. The molecule has 0 atom stereocenters. The smallest absolute Gasteiger partial charge is 0.250 e. The van der Waals surface area contributed by atoms with Crippen LogP contribution in [0.2, 0.25) is 18.1 Å². The molecule has 1 heterocycles. The summed E-state index contributed by atoms with van der Waals surface area (Å²) in [6, 6.07) is 8.15. The Hall–Kier alpha value is -1.07. The standard InChI is InChI=1S/C15H21BrN2OSi/c1-15(2,3)20(4,5)19-13-8-6-7-12(11-13)18-10-9-17-14(18)16/h6-11H,1-5H3. The number of halogens is 1. The number of benzene rings is 1. The summed E-state index contributed by atoms with van der Waals surface area (Å²) in [4.78, 5) is 4.18. The molecule has 108 valence electrons. The number of rotatable bonds is 3. The van der Waals surface area contributed by atoms with Gasteiger partial charge in [-0.1, -0.05) is 26.8 Å². The fourth-order valence-electron chi connectivity index (χ4n) is 1.62. The Balaban J connectivity index is 2.30. The van der Waals surface area contributed by atoms with Gasteiger partial charge in [-0.15, -0.1) is 0 Å². The van der Waals surface area contributed by atoms with Crippen LogP contribution in [0.25, 0.3) is 5.69 Å². The van der Waals surface area contributed by atoms with E-state index in [0.29, 0.717) is 0 Å². The van der Waals surface area contributed by atoms with Crippen LogP contribution in [-0.4, -0.2) is 17.9 Å². The summed E-state index contributed by atoms with van der Waals surface area (Å²) in [6.07, 6.45) is 3.70. The Labute approximate surface area is 130 Å². The van der Waals surface area contributed by atoms with Crippen LogP contribution in [0.3, 0.4) is 0 Å². The summed E-state index contributed by atoms with van der Waals surface area (Å²) in [5, 5.41) is 0.193. The van der Waals surface area contributed by atoms with Gasteiger partial charge in [-0.2, -0.15) is 0 Å². The molecule has 2 rings (SSSR count). The van der Waals surface area contributed by atoms with Crippen LogP contribution in [0, 0.1) is 0 Å². The van der Waals surface area contributed by atoms with E-state index in [0.717, 1.165) is 16.2 Å². The molecule has 2 aromatic rings. The molecule has 0 unspecified atom stereocenters. The largest absolute Gasteiger partial charge is 0.543 e. The molecule has 0 fully saturated rings. The highest BCUT2D eigenvalue weighted by Crippen LogP contribution is 2.37. The summed E-state index contributed by atoms with van der Waals surface area (Å²) in [6.45, 7) is 11.3. The van der Waals surface area contributed by atoms with Crippen LogP contribution in [0.15, 0.2) is 41.4 Å². The van der Waals surface area contributed by atoms with Gasteiger partial charge in [0.1, 0.15) is 5.75 Å². The molecule has 0 saturated heterocycles. The highest BCUT2D eigenvalue weighted by atomic mass is 79.9. The van der Waals surface area contributed by atoms with Crippen molar-refractivity contribution in [2.45, 2.75) is 38.9 Å². The van der Waals surface area contributed by atoms with Crippen molar-refractivity contribution >= 4 is 24.2 Å². The minimum atomic E-state index is -1.80. The molecule has 0 aliphatic rings. The summed E-state index contributed by atoms with van der Waals surface area (Å²) >= 11 is 3.44. The van der Waals surface area contributed by atoms with Crippen molar-refractivity contribution in [3.63, 3.8) is 0 Å². The fraction of sp³-hybridized carbons (Fsp3) is 0.400. The maximum absolute atomic E-state index is 6.33. The van der Waals surface area contributed by atoms with E-state index in [9.17, 15) is 0 Å². The van der Waals surface area contributed by atoms with E-state index in [4.69, 9.17) is 4.43 Å². The Kier molecular flexibility index (Phi) is 4.11. The third kappa shape index (κ3) is 3.15. The topological polar surface area (TPSA) is 27.1 Å². The first-order chi connectivity index (χ1) is 9.21. The van der Waals surface area contributed by atoms with E-state index in [1.807, 2.05) is 29.0 Å². The number of hydrogen-bond acceptors (Lipinski definition) is 2. The number of hydrogen-bond donors (Lipinski definition) is 0. The molecule has 1 aromatic carbocycles. The lowest BCUT2D eigenvalue weighted by Crippen LogP contribution is -2.43. The number of aromatic nitrogens is 2. The first kappa shape index (κ1) is 15.3. The molecular formula is C15H21BrN2OSi. The monoisotopic (exact) mass is 352 g/mol. The predicted molar refractivity (Wildman–Crippen MR) is 89.1 cm³/mol. The summed E-state index contributed by atoms with van der Waals surface area (Å²) < 4.78 is 9.11. The molecule has 0 aliphatic heterocycles. The lowest BCUT2D eigenvalue weighted by Gasteiger charge is -2.36. The van der Waals surface area contributed by atoms with Gasteiger partial charge in [-0.3, -0.25) is 4.57 Å². The predicted octanol–water partition coefficient (Wildman–Crippen LogP) is 5.02. The van der Waals surface area contributed by atoms with Gasteiger partial charge in [0.2, 0.25) is 8.32 Å². The van der Waals surface area contributed by atoms with Crippen LogP contribution in [-0.2, 0) is 0 Å². The quantitative estimate of drug-likeness (QED) is 0.725. The lowest BCUT2D eigenvalue weighted by molar-refractivity contribution is 0.492. The second kappa shape index (κ2) is 5.37. The maximum Gasteiger partial charge on any atom is 0.250 e. The zero-order valence-corrected chi connectivity index (χ0v) is 15.2. The van der Waals surface area contributed by atoms with Crippen molar-refractivity contribution in [2.24, 2.45) is 0 Å². The molecule has 1 aromatic heterocycles. The second-order valence-electron chi connectivity index (χ2n) is 6.43. The molecule has 20 heavy (non-hydrogen) atoms. The highest BCUT2D eigenvalue weighted by molar-refractivity contribution is 9.10. The van der Waals surface area contributed by atoms with E-state index in [-0.39, 0.29) is 5.04 Å². The van der Waals surface area contributed by atoms with Gasteiger partial charge in [0.25, 0.3) is 0 Å². The van der Waals surface area contributed by atoms with Crippen molar-refractivity contribution in [1.29, 1.82) is 0 Å². The van der Waals surface area contributed by atoms with Crippen LogP contribution in [0.1, 0.15) is 20.8 Å². The lowest BCUT2D eigenvalue weighted by atomic mass is 10.2. The molecule has 0 bridgehead atoms. The number of nitrogens with zero attached hydrogens (tertiary/aromatic N) is 2. The molecule has 0 amide bonds. The van der Waals surface area contributed by atoms with E-state index in [1.165, 1.54) is 0 Å². The van der Waals surface area contributed by atoms with Gasteiger partial charge in [0.15, 0.2) is 4.73 Å². The van der Waals surface area contributed by atoms with Gasteiger partial charge in [-0.05, 0) is 46.2 Å². The zero-order valence-electron chi connectivity index (χ0n) is 12.6. The summed E-state index contributed by atoms with van der Waals surface area (Å²) in [5.74, 6) is 0.926. The average Bonchev–Trinajstić information content (AvgIpc) is 2.73. The molecule has 0 spiro atoms. The number of imidazole rings is 1. The normalized spacial score (nSPS) is 12.5. The SMILES string of the molecule is CC(C)(C)[Si](C)(C)Oc1cccc(-n2ccnc2Br)c1. The van der Waals surface area contributed by atoms with Gasteiger partial charge in [0.05, 0.1) is 5.69 Å². The van der Waals surface area contributed by atoms with Crippen LogP contribution in [0.5, 0.6) is 5.75 Å². The molecular weight excluding hydrogens is 332 g/mol. The molecule has 3 nitrogen and oxygen atoms in total. The molecule has 0 aliphatic carbocycles. The third-order valence-electron chi connectivity index (χ3n) is 3.87. The van der Waals surface area contributed by atoms with Crippen molar-refractivity contribution < 1.29 is 4.43 Å². The average molecular weight is 353 g/mol. The summed E-state index contributed by atoms with van der Waals surface area (Å²) in [7, 11) is -1.80. The van der Waals surface area contributed by atoms with Gasteiger partial charge < -0.3 is 4.43 Å². The van der Waals surface area contributed by atoms with Crippen molar-refractivity contribution in [3.8, 4) is 11.4 Å². The Bertz CT molecular complexity index is 602. The van der Waals surface area contributed by atoms with Gasteiger partial charge in [0, 0.05) is 18.5 Å². The Morgan fingerprint density at radius 3 is 2.50 bits per heavy atom. The Morgan fingerprint density at radius 1 is 1.25 bits per heavy atom. The first-order valence-electron chi connectivity index (χ1n) is 6.69. The second-order valence-corrected chi connectivity index (χ2v) is 11.9. The van der Waals surface area contributed by atoms with Crippen molar-refractivity contribution in [3.05, 3.63) is 41.4 Å². The van der Waals surface area contributed by atoms with Crippen LogP contribution < -0.4 is 4.43 Å². The molecule has 0 N–H and O–H groups in total. The minimum Gasteiger partial charge on any atom is -0.543 e. The van der Waals surface area contributed by atoms with Crippen molar-refractivity contribution in [1.82, 2.24) is 9.55 Å². The van der Waals surface area contributed by atoms with E-state index < -0.39 is 8.32 Å². The van der Waals surface area contributed by atoms with Crippen LogP contribution >= 0.6 is 15.9 Å². The van der Waals surface area contributed by atoms with E-state index in [2.05, 4.69) is 60.8 Å². The first-order valence-corrected chi connectivity index (χ1v) is 10.4. The van der Waals surface area contributed by atoms with Crippen molar-refractivity contribution in [2.75, 3.05) is 0 Å². The fourth-order valence-corrected chi connectivity index (χ4v) is 3.09. The van der Waals surface area contributed by atoms with Gasteiger partial charge in [-0.25, -0.2) is 4.98 Å². The molecule has 0 saturated carbocycles. The molecule has 0 radical (unpaired) electrons. The summed E-state index contributed by atoms with van der Waals surface area (Å²) in [5.41, 5.74) is 1.05. The van der Waals surface area contributed by atoms with E-state index in [1.54, 1.807) is 6.20 Å². The van der Waals surface area contributed by atoms with E-state index >= 15 is 0 Å². The highest BCUT2D eigenvalue weighted by Gasteiger charge is 2.38. The third-order valence-corrected chi connectivity index (χ3v) is 8.82. The van der Waals surface area contributed by atoms with Crippen LogP contribution in [0.4, 0.5) is 0 Å².